The van der Waals surface area contributed by atoms with Gasteiger partial charge < -0.3 is 35.8 Å². The van der Waals surface area contributed by atoms with Crippen molar-refractivity contribution in [3.05, 3.63) is 132 Å². The van der Waals surface area contributed by atoms with Crippen molar-refractivity contribution in [3.8, 4) is 11.1 Å². The van der Waals surface area contributed by atoms with Crippen LogP contribution < -0.4 is 16.4 Å². The van der Waals surface area contributed by atoms with Gasteiger partial charge in [0.15, 0.2) is 6.29 Å². The largest absolute Gasteiger partial charge is 0.397 e. The number of hydrogen-bond acceptors (Lipinski definition) is 7. The van der Waals surface area contributed by atoms with Crippen molar-refractivity contribution in [2.75, 3.05) is 31.2 Å². The third-order valence-corrected chi connectivity index (χ3v) is 9.05. The summed E-state index contributed by atoms with van der Waals surface area (Å²) in [6, 6.07) is 31.5. The third kappa shape index (κ3) is 11.4. The highest BCUT2D eigenvalue weighted by atomic mass is 16.7. The van der Waals surface area contributed by atoms with Crippen LogP contribution in [0.15, 0.2) is 110 Å². The maximum Gasteiger partial charge on any atom is 0.224 e. The summed E-state index contributed by atoms with van der Waals surface area (Å²) in [7, 11) is 2.06. The molecular formula is C42H50N4O5. The van der Waals surface area contributed by atoms with E-state index >= 15 is 0 Å². The standard InChI is InChI=1S/C42H50N4O5/c1-3-24-46(2)28-36-26-39(33-18-16-30(29-47)17-19-33)51-42(50-36)34-22-20-32(21-23-34)35-11-9-10-31(25-35)27-44-40(48)14-5-4-6-15-41(49)45-38-13-8-7-12-37(38)43/h3,7-13,16-23,25,36,39,42,47H,1,4-6,14-15,24,26-29,43H2,2H3,(H,44,48)(H,45,49)/t36-,39+,42+/m0/s1. The molecule has 5 rings (SSSR count). The van der Waals surface area contributed by atoms with Gasteiger partial charge in [-0.25, -0.2) is 0 Å². The molecule has 0 spiro atoms. The number of carbonyl (C=O) groups is 2. The van der Waals surface area contributed by atoms with Crippen LogP contribution in [0.25, 0.3) is 11.1 Å². The number of nitrogens with one attached hydrogen (secondary N) is 2. The zero-order valence-electron chi connectivity index (χ0n) is 29.4. The maximum absolute atomic E-state index is 12.5. The Kier molecular flexibility index (Phi) is 13.9. The Morgan fingerprint density at radius 2 is 1.59 bits per heavy atom. The van der Waals surface area contributed by atoms with Gasteiger partial charge in [-0.1, -0.05) is 91.4 Å². The first-order valence-corrected chi connectivity index (χ1v) is 17.7. The first kappa shape index (κ1) is 37.5. The number of likely N-dealkylation sites (N-methyl/N-ethyl adjacent to an activating group) is 1. The minimum absolute atomic E-state index is 0.00428. The molecule has 1 heterocycles. The molecule has 4 aromatic rings. The Balaban J connectivity index is 1.11. The van der Waals surface area contributed by atoms with Gasteiger partial charge in [0, 0.05) is 44.5 Å². The summed E-state index contributed by atoms with van der Waals surface area (Å²) >= 11 is 0. The van der Waals surface area contributed by atoms with Gasteiger partial charge in [-0.05, 0) is 65.9 Å². The number of nitrogen functional groups attached to an aromatic ring is 1. The number of nitrogens with zero attached hydrogens (tertiary/aromatic N) is 1. The van der Waals surface area contributed by atoms with Crippen LogP contribution in [0.3, 0.4) is 0 Å². The average molecular weight is 691 g/mol. The summed E-state index contributed by atoms with van der Waals surface area (Å²) < 4.78 is 13.0. The molecule has 51 heavy (non-hydrogen) atoms. The van der Waals surface area contributed by atoms with Gasteiger partial charge in [0.25, 0.3) is 0 Å². The van der Waals surface area contributed by atoms with Gasteiger partial charge in [0.1, 0.15) is 0 Å². The molecule has 0 bridgehead atoms. The lowest BCUT2D eigenvalue weighted by molar-refractivity contribution is -0.252. The second kappa shape index (κ2) is 19.0. The number of anilines is 2. The fourth-order valence-electron chi connectivity index (χ4n) is 6.23. The van der Waals surface area contributed by atoms with Crippen molar-refractivity contribution in [2.24, 2.45) is 0 Å². The molecule has 0 aliphatic carbocycles. The molecule has 9 heteroatoms. The minimum Gasteiger partial charge on any atom is -0.397 e. The second-order valence-corrected chi connectivity index (χ2v) is 13.2. The first-order valence-electron chi connectivity index (χ1n) is 17.7. The zero-order chi connectivity index (χ0) is 36.0. The van der Waals surface area contributed by atoms with Crippen LogP contribution in [0.5, 0.6) is 0 Å². The lowest BCUT2D eigenvalue weighted by Crippen LogP contribution is -2.37. The molecule has 0 aromatic heterocycles. The van der Waals surface area contributed by atoms with E-state index in [2.05, 4.69) is 65.6 Å². The minimum atomic E-state index is -0.523. The first-order chi connectivity index (χ1) is 24.8. The normalized spacial score (nSPS) is 17.2. The molecule has 4 aromatic carbocycles. The number of ether oxygens (including phenoxy) is 2. The van der Waals surface area contributed by atoms with Crippen molar-refractivity contribution in [1.82, 2.24) is 10.2 Å². The van der Waals surface area contributed by atoms with Gasteiger partial charge in [-0.2, -0.15) is 0 Å². The molecule has 0 unspecified atom stereocenters. The molecule has 9 nitrogen and oxygen atoms in total. The summed E-state index contributed by atoms with van der Waals surface area (Å²) in [4.78, 5) is 27.0. The molecule has 1 aliphatic heterocycles. The topological polar surface area (TPSA) is 126 Å². The Labute approximate surface area is 301 Å². The SMILES string of the molecule is C=CCN(C)C[C@@H]1C[C@H](c2ccc(CO)cc2)O[C@H](c2ccc(-c3cccc(CNC(=O)CCCCCC(=O)Nc4ccccc4N)c3)cc2)O1. The molecule has 0 radical (unpaired) electrons. The second-order valence-electron chi connectivity index (χ2n) is 13.2. The molecule has 1 aliphatic rings. The Morgan fingerprint density at radius 1 is 0.863 bits per heavy atom. The van der Waals surface area contributed by atoms with Crippen LogP contribution in [0, 0.1) is 0 Å². The van der Waals surface area contributed by atoms with E-state index in [1.54, 1.807) is 12.1 Å². The van der Waals surface area contributed by atoms with Crippen LogP contribution >= 0.6 is 0 Å². The Morgan fingerprint density at radius 3 is 2.31 bits per heavy atom. The molecular weight excluding hydrogens is 640 g/mol. The van der Waals surface area contributed by atoms with Crippen molar-refractivity contribution in [2.45, 2.75) is 70.2 Å². The van der Waals surface area contributed by atoms with Crippen LogP contribution in [0.1, 0.15) is 73.2 Å². The monoisotopic (exact) mass is 690 g/mol. The molecule has 1 fully saturated rings. The molecule has 1 saturated heterocycles. The summed E-state index contributed by atoms with van der Waals surface area (Å²) in [5, 5.41) is 15.4. The van der Waals surface area contributed by atoms with Crippen LogP contribution in [-0.4, -0.2) is 48.1 Å². The summed E-state index contributed by atoms with van der Waals surface area (Å²) in [6.45, 7) is 5.84. The number of amides is 2. The van der Waals surface area contributed by atoms with Gasteiger partial charge in [0.2, 0.25) is 11.8 Å². The summed E-state index contributed by atoms with van der Waals surface area (Å²) in [6.07, 6.45) is 4.94. The van der Waals surface area contributed by atoms with E-state index < -0.39 is 6.29 Å². The number of nitrogens with two attached hydrogens (primary N) is 1. The van der Waals surface area contributed by atoms with E-state index in [9.17, 15) is 14.7 Å². The molecule has 0 saturated carbocycles. The Hall–Kier alpha value is -4.80. The van der Waals surface area contributed by atoms with Gasteiger partial charge in [-0.3, -0.25) is 9.59 Å². The lowest BCUT2D eigenvalue weighted by Gasteiger charge is -2.37. The number of rotatable bonds is 17. The molecule has 268 valence electrons. The predicted octanol–water partition coefficient (Wildman–Crippen LogP) is 7.30. The van der Waals surface area contributed by atoms with Crippen molar-refractivity contribution < 1.29 is 24.2 Å². The average Bonchev–Trinajstić information content (AvgIpc) is 3.15. The zero-order valence-corrected chi connectivity index (χ0v) is 29.4. The van der Waals surface area contributed by atoms with Crippen LogP contribution in [-0.2, 0) is 32.2 Å². The fourth-order valence-corrected chi connectivity index (χ4v) is 6.23. The number of hydrogen-bond donors (Lipinski definition) is 4. The summed E-state index contributed by atoms with van der Waals surface area (Å²) in [5.74, 6) is -0.0790. The van der Waals surface area contributed by atoms with Gasteiger partial charge in [0.05, 0.1) is 30.2 Å². The van der Waals surface area contributed by atoms with E-state index in [0.717, 1.165) is 65.7 Å². The fraction of sp³-hybridized carbons (Fsp3) is 0.333. The third-order valence-electron chi connectivity index (χ3n) is 9.05. The van der Waals surface area contributed by atoms with E-state index in [0.29, 0.717) is 37.2 Å². The highest BCUT2D eigenvalue weighted by molar-refractivity contribution is 5.93. The van der Waals surface area contributed by atoms with Gasteiger partial charge in [-0.15, -0.1) is 6.58 Å². The predicted molar refractivity (Wildman–Crippen MR) is 202 cm³/mol. The lowest BCUT2D eigenvalue weighted by atomic mass is 9.99. The quantitative estimate of drug-likeness (QED) is 0.0521. The van der Waals surface area contributed by atoms with E-state index in [1.165, 1.54) is 0 Å². The van der Waals surface area contributed by atoms with Gasteiger partial charge >= 0.3 is 0 Å². The smallest absolute Gasteiger partial charge is 0.224 e. The highest BCUT2D eigenvalue weighted by Gasteiger charge is 2.32. The number of unbranched alkanes of at least 4 members (excludes halogenated alkanes) is 2. The molecule has 5 N–H and O–H groups in total. The van der Waals surface area contributed by atoms with Crippen molar-refractivity contribution >= 4 is 23.2 Å². The van der Waals surface area contributed by atoms with Crippen molar-refractivity contribution in [3.63, 3.8) is 0 Å². The summed E-state index contributed by atoms with van der Waals surface area (Å²) in [5.41, 5.74) is 13.1. The van der Waals surface area contributed by atoms with Crippen LogP contribution in [0.4, 0.5) is 11.4 Å². The van der Waals surface area contributed by atoms with E-state index in [4.69, 9.17) is 15.2 Å². The number of para-hydroxylation sites is 2. The highest BCUT2D eigenvalue weighted by Crippen LogP contribution is 2.38. The number of aliphatic hydroxyl groups is 1. The Bertz CT molecular complexity index is 1730. The van der Waals surface area contributed by atoms with E-state index in [-0.39, 0.29) is 30.6 Å². The number of carbonyl (C=O) groups excluding carboxylic acids is 2. The van der Waals surface area contributed by atoms with Crippen LogP contribution in [0.2, 0.25) is 0 Å². The van der Waals surface area contributed by atoms with Crippen molar-refractivity contribution in [1.29, 1.82) is 0 Å². The number of benzene rings is 4. The number of aliphatic hydroxyl groups excluding tert-OH is 1. The molecule has 2 amide bonds. The maximum atomic E-state index is 12.5. The molecule has 3 atom stereocenters. The van der Waals surface area contributed by atoms with E-state index in [1.807, 2.05) is 54.6 Å².